The summed E-state index contributed by atoms with van der Waals surface area (Å²) in [6.07, 6.45) is 0.374. The van der Waals surface area contributed by atoms with E-state index < -0.39 is 21.9 Å². The zero-order valence-electron chi connectivity index (χ0n) is 9.41. The van der Waals surface area contributed by atoms with Crippen molar-refractivity contribution in [3.63, 3.8) is 0 Å². The summed E-state index contributed by atoms with van der Waals surface area (Å²) in [5.74, 6) is -1.53. The van der Waals surface area contributed by atoms with Gasteiger partial charge in [0.2, 0.25) is 10.0 Å². The van der Waals surface area contributed by atoms with Crippen LogP contribution in [0.2, 0.25) is 0 Å². The van der Waals surface area contributed by atoms with Gasteiger partial charge in [-0.2, -0.15) is 4.31 Å². The molecule has 1 aromatic rings. The number of sulfonamides is 1. The van der Waals surface area contributed by atoms with Crippen molar-refractivity contribution >= 4 is 38.6 Å². The maximum Gasteiger partial charge on any atom is 0.307 e. The highest BCUT2D eigenvalue weighted by Crippen LogP contribution is 2.24. The van der Waals surface area contributed by atoms with Gasteiger partial charge in [0.15, 0.2) is 0 Å². The lowest BCUT2D eigenvalue weighted by molar-refractivity contribution is -0.141. The number of benzene rings is 1. The zero-order valence-corrected chi connectivity index (χ0v) is 12.4. The minimum absolute atomic E-state index is 0.0592. The molecule has 1 saturated heterocycles. The quantitative estimate of drug-likeness (QED) is 0.804. The molecule has 0 aromatic heterocycles. The molecule has 1 aliphatic heterocycles. The fourth-order valence-electron chi connectivity index (χ4n) is 1.90. The Balaban J connectivity index is 2.22. The molecule has 0 aliphatic carbocycles. The summed E-state index contributed by atoms with van der Waals surface area (Å²) in [5, 5.41) is 8.88. The lowest BCUT2D eigenvalue weighted by Crippen LogP contribution is -2.30. The van der Waals surface area contributed by atoms with Crippen molar-refractivity contribution in [3.8, 4) is 0 Å². The SMILES string of the molecule is O=C(O)C1CCN(S(=O)(=O)c2ccc(I)cc2)C1. The predicted octanol–water partition coefficient (Wildman–Crippen LogP) is 1.39. The summed E-state index contributed by atoms with van der Waals surface area (Å²) in [7, 11) is -3.56. The predicted molar refractivity (Wildman–Crippen MR) is 73.7 cm³/mol. The standard InChI is InChI=1S/C11H12INO4S/c12-9-1-3-10(4-2-9)18(16,17)13-6-5-8(7-13)11(14)15/h1-4,8H,5-7H2,(H,14,15). The molecule has 0 bridgehead atoms. The fraction of sp³-hybridized carbons (Fsp3) is 0.364. The number of halogens is 1. The number of hydrogen-bond donors (Lipinski definition) is 1. The van der Waals surface area contributed by atoms with E-state index in [-0.39, 0.29) is 18.0 Å². The fourth-order valence-corrected chi connectivity index (χ4v) is 3.76. The molecule has 1 unspecified atom stereocenters. The molecule has 5 nitrogen and oxygen atoms in total. The molecule has 98 valence electrons. The number of aliphatic carboxylic acids is 1. The van der Waals surface area contributed by atoms with Gasteiger partial charge in [-0.3, -0.25) is 4.79 Å². The van der Waals surface area contributed by atoms with Crippen LogP contribution in [0.4, 0.5) is 0 Å². The normalized spacial score (nSPS) is 21.1. The summed E-state index contributed by atoms with van der Waals surface area (Å²) in [4.78, 5) is 11.0. The molecule has 0 radical (unpaired) electrons. The van der Waals surface area contributed by atoms with E-state index in [4.69, 9.17) is 5.11 Å². The lowest BCUT2D eigenvalue weighted by Gasteiger charge is -2.15. The van der Waals surface area contributed by atoms with E-state index >= 15 is 0 Å². The molecule has 1 atom stereocenters. The molecule has 1 heterocycles. The summed E-state index contributed by atoms with van der Waals surface area (Å²) in [5.41, 5.74) is 0. The van der Waals surface area contributed by atoms with E-state index in [0.29, 0.717) is 6.42 Å². The second-order valence-electron chi connectivity index (χ2n) is 4.14. The van der Waals surface area contributed by atoms with E-state index in [0.717, 1.165) is 3.57 Å². The molecule has 1 fully saturated rings. The Hall–Kier alpha value is -0.670. The molecule has 7 heteroatoms. The molecule has 1 aliphatic rings. The van der Waals surface area contributed by atoms with Gasteiger partial charge in [-0.05, 0) is 53.3 Å². The lowest BCUT2D eigenvalue weighted by atomic mass is 10.1. The third-order valence-electron chi connectivity index (χ3n) is 2.95. The zero-order chi connectivity index (χ0) is 13.3. The molecular weight excluding hydrogens is 369 g/mol. The third-order valence-corrected chi connectivity index (χ3v) is 5.55. The highest BCUT2D eigenvalue weighted by atomic mass is 127. The number of carboxylic acids is 1. The highest BCUT2D eigenvalue weighted by Gasteiger charge is 2.35. The topological polar surface area (TPSA) is 74.7 Å². The van der Waals surface area contributed by atoms with Crippen LogP contribution in [-0.4, -0.2) is 36.9 Å². The van der Waals surface area contributed by atoms with E-state index in [1.165, 1.54) is 4.31 Å². The van der Waals surface area contributed by atoms with Gasteiger partial charge in [0.25, 0.3) is 0 Å². The van der Waals surface area contributed by atoms with Gasteiger partial charge in [-0.1, -0.05) is 0 Å². The Morgan fingerprint density at radius 2 is 1.94 bits per heavy atom. The Bertz CT molecular complexity index is 555. The first-order chi connectivity index (χ1) is 8.41. The van der Waals surface area contributed by atoms with Crippen molar-refractivity contribution in [2.45, 2.75) is 11.3 Å². The number of rotatable bonds is 3. The first-order valence-electron chi connectivity index (χ1n) is 5.40. The smallest absolute Gasteiger partial charge is 0.307 e. The van der Waals surface area contributed by atoms with Gasteiger partial charge in [0.1, 0.15) is 0 Å². The summed E-state index contributed by atoms with van der Waals surface area (Å²) >= 11 is 2.10. The van der Waals surface area contributed by atoms with Crippen molar-refractivity contribution in [3.05, 3.63) is 27.8 Å². The average Bonchev–Trinajstić information content (AvgIpc) is 2.79. The van der Waals surface area contributed by atoms with Crippen LogP contribution in [0.1, 0.15) is 6.42 Å². The van der Waals surface area contributed by atoms with Crippen LogP contribution in [0, 0.1) is 9.49 Å². The summed E-state index contributed by atoms with van der Waals surface area (Å²) in [6, 6.07) is 6.53. The Morgan fingerprint density at radius 1 is 1.33 bits per heavy atom. The molecule has 2 rings (SSSR count). The van der Waals surface area contributed by atoms with Gasteiger partial charge < -0.3 is 5.11 Å². The minimum Gasteiger partial charge on any atom is -0.481 e. The van der Waals surface area contributed by atoms with Gasteiger partial charge in [0, 0.05) is 16.7 Å². The largest absolute Gasteiger partial charge is 0.481 e. The monoisotopic (exact) mass is 381 g/mol. The van der Waals surface area contributed by atoms with Crippen LogP contribution >= 0.6 is 22.6 Å². The first kappa shape index (κ1) is 13.8. The third kappa shape index (κ3) is 2.67. The Morgan fingerprint density at radius 3 is 2.44 bits per heavy atom. The van der Waals surface area contributed by atoms with Gasteiger partial charge in [-0.25, -0.2) is 8.42 Å². The second kappa shape index (κ2) is 5.14. The molecule has 0 spiro atoms. The van der Waals surface area contributed by atoms with Gasteiger partial charge >= 0.3 is 5.97 Å². The summed E-state index contributed by atoms with van der Waals surface area (Å²) in [6.45, 7) is 0.328. The van der Waals surface area contributed by atoms with Crippen molar-refractivity contribution < 1.29 is 18.3 Å². The van der Waals surface area contributed by atoms with Crippen LogP contribution < -0.4 is 0 Å². The maximum atomic E-state index is 12.2. The number of carbonyl (C=O) groups is 1. The van der Waals surface area contributed by atoms with Crippen LogP contribution in [0.15, 0.2) is 29.2 Å². The van der Waals surface area contributed by atoms with E-state index in [1.807, 2.05) is 0 Å². The second-order valence-corrected chi connectivity index (χ2v) is 7.32. The van der Waals surface area contributed by atoms with Crippen LogP contribution in [0.3, 0.4) is 0 Å². The number of nitrogens with zero attached hydrogens (tertiary/aromatic N) is 1. The number of hydrogen-bond acceptors (Lipinski definition) is 3. The molecule has 18 heavy (non-hydrogen) atoms. The molecule has 1 N–H and O–H groups in total. The minimum atomic E-state index is -3.56. The van der Waals surface area contributed by atoms with Crippen molar-refractivity contribution in [2.75, 3.05) is 13.1 Å². The van der Waals surface area contributed by atoms with Crippen molar-refractivity contribution in [1.29, 1.82) is 0 Å². The first-order valence-corrected chi connectivity index (χ1v) is 7.91. The van der Waals surface area contributed by atoms with Crippen molar-refractivity contribution in [2.24, 2.45) is 5.92 Å². The van der Waals surface area contributed by atoms with Crippen LogP contribution in [-0.2, 0) is 14.8 Å². The Kier molecular flexibility index (Phi) is 3.93. The van der Waals surface area contributed by atoms with E-state index in [1.54, 1.807) is 24.3 Å². The van der Waals surface area contributed by atoms with Crippen molar-refractivity contribution in [1.82, 2.24) is 4.31 Å². The number of carboxylic acid groups (broad SMARTS) is 1. The van der Waals surface area contributed by atoms with E-state index in [2.05, 4.69) is 22.6 Å². The van der Waals surface area contributed by atoms with Gasteiger partial charge in [0.05, 0.1) is 10.8 Å². The van der Waals surface area contributed by atoms with Gasteiger partial charge in [-0.15, -0.1) is 0 Å². The van der Waals surface area contributed by atoms with E-state index in [9.17, 15) is 13.2 Å². The maximum absolute atomic E-state index is 12.2. The molecule has 1 aromatic carbocycles. The Labute approximate surface area is 119 Å². The summed E-state index contributed by atoms with van der Waals surface area (Å²) < 4.78 is 26.7. The average molecular weight is 381 g/mol. The molecule has 0 amide bonds. The van der Waals surface area contributed by atoms with Crippen LogP contribution in [0.25, 0.3) is 0 Å². The van der Waals surface area contributed by atoms with Crippen LogP contribution in [0.5, 0.6) is 0 Å². The molecular formula is C11H12INO4S. The highest BCUT2D eigenvalue weighted by molar-refractivity contribution is 14.1. The molecule has 0 saturated carbocycles.